The number of fused-ring (bicyclic) bond motifs is 2. The molecule has 5 rings (SSSR count). The van der Waals surface area contributed by atoms with Gasteiger partial charge in [0.25, 0.3) is 0 Å². The van der Waals surface area contributed by atoms with Gasteiger partial charge in [-0.15, -0.1) is 5.10 Å². The quantitative estimate of drug-likeness (QED) is 0.328. The predicted octanol–water partition coefficient (Wildman–Crippen LogP) is 4.40. The van der Waals surface area contributed by atoms with E-state index < -0.39 is 6.04 Å². The second-order valence-corrected chi connectivity index (χ2v) is 10.2. The molecule has 39 heavy (non-hydrogen) atoms. The van der Waals surface area contributed by atoms with E-state index in [4.69, 9.17) is 9.47 Å². The molecule has 0 saturated carbocycles. The highest BCUT2D eigenvalue weighted by Gasteiger charge is 2.33. The van der Waals surface area contributed by atoms with Crippen molar-refractivity contribution < 1.29 is 19.1 Å². The highest BCUT2D eigenvalue weighted by molar-refractivity contribution is 5.89. The Kier molecular flexibility index (Phi) is 7.76. The van der Waals surface area contributed by atoms with Crippen molar-refractivity contribution in [3.05, 3.63) is 83.4 Å². The molecular weight excluding hydrogens is 494 g/mol. The molecule has 0 saturated heterocycles. The number of para-hydroxylation sites is 1. The molecule has 2 heterocycles. The molecule has 0 aliphatic carbocycles. The van der Waals surface area contributed by atoms with Crippen LogP contribution in [0, 0.1) is 12.8 Å². The smallest absolute Gasteiger partial charge is 0.247 e. The van der Waals surface area contributed by atoms with Crippen LogP contribution < -0.4 is 14.8 Å². The zero-order chi connectivity index (χ0) is 27.4. The number of nitrogens with zero attached hydrogens (tertiary/aromatic N) is 4. The summed E-state index contributed by atoms with van der Waals surface area (Å²) in [6, 6.07) is 19.9. The number of ether oxygens (including phenoxy) is 2. The summed E-state index contributed by atoms with van der Waals surface area (Å²) < 4.78 is 12.6. The molecule has 3 aromatic carbocycles. The van der Waals surface area contributed by atoms with Crippen LogP contribution >= 0.6 is 0 Å². The van der Waals surface area contributed by atoms with E-state index in [0.29, 0.717) is 29.5 Å². The van der Waals surface area contributed by atoms with Crippen molar-refractivity contribution in [1.82, 2.24) is 25.2 Å². The number of hydrogen-bond acceptors (Lipinski definition) is 6. The van der Waals surface area contributed by atoms with Gasteiger partial charge in [0, 0.05) is 13.1 Å². The molecule has 0 radical (unpaired) electrons. The van der Waals surface area contributed by atoms with E-state index in [-0.39, 0.29) is 31.7 Å². The van der Waals surface area contributed by atoms with Crippen LogP contribution in [0.3, 0.4) is 0 Å². The van der Waals surface area contributed by atoms with Gasteiger partial charge in [0.05, 0.1) is 5.52 Å². The summed E-state index contributed by atoms with van der Waals surface area (Å²) in [6.45, 7) is 7.00. The Morgan fingerprint density at radius 2 is 1.79 bits per heavy atom. The van der Waals surface area contributed by atoms with Gasteiger partial charge in [-0.1, -0.05) is 61.5 Å². The predicted molar refractivity (Wildman–Crippen MR) is 147 cm³/mol. The fourth-order valence-electron chi connectivity index (χ4n) is 4.74. The van der Waals surface area contributed by atoms with E-state index in [1.54, 1.807) is 9.58 Å². The van der Waals surface area contributed by atoms with Crippen LogP contribution in [0.25, 0.3) is 11.0 Å². The van der Waals surface area contributed by atoms with Crippen molar-refractivity contribution in [1.29, 1.82) is 0 Å². The first kappa shape index (κ1) is 26.2. The first-order chi connectivity index (χ1) is 18.9. The average molecular weight is 528 g/mol. The molecule has 0 bridgehead atoms. The van der Waals surface area contributed by atoms with Crippen molar-refractivity contribution in [3.8, 4) is 11.5 Å². The molecule has 0 fully saturated rings. The van der Waals surface area contributed by atoms with E-state index in [1.807, 2.05) is 73.7 Å². The molecule has 1 aromatic heterocycles. The lowest BCUT2D eigenvalue weighted by Gasteiger charge is -2.32. The monoisotopic (exact) mass is 527 g/mol. The van der Waals surface area contributed by atoms with Crippen LogP contribution in [0.5, 0.6) is 11.5 Å². The Bertz CT molecular complexity index is 1480. The second-order valence-electron chi connectivity index (χ2n) is 10.2. The Morgan fingerprint density at radius 3 is 2.62 bits per heavy atom. The third-order valence-electron chi connectivity index (χ3n) is 6.88. The summed E-state index contributed by atoms with van der Waals surface area (Å²) >= 11 is 0. The maximum absolute atomic E-state index is 14.1. The molecule has 1 atom stereocenters. The van der Waals surface area contributed by atoms with Crippen LogP contribution in [0.4, 0.5) is 0 Å². The summed E-state index contributed by atoms with van der Waals surface area (Å²) in [7, 11) is 0. The van der Waals surface area contributed by atoms with Gasteiger partial charge in [0.1, 0.15) is 18.1 Å². The van der Waals surface area contributed by atoms with Crippen molar-refractivity contribution >= 4 is 22.8 Å². The molecule has 0 spiro atoms. The minimum atomic E-state index is -0.842. The highest BCUT2D eigenvalue weighted by Crippen LogP contribution is 2.34. The number of benzene rings is 3. The van der Waals surface area contributed by atoms with Gasteiger partial charge < -0.3 is 19.7 Å². The SMILES string of the molecule is Cc1ccccc1C(C(=O)NCCC(C)C)N(Cc1ccc2c(c1)OCO2)C(=O)Cn1nnc2ccccc21. The van der Waals surface area contributed by atoms with Gasteiger partial charge in [-0.25, -0.2) is 4.68 Å². The van der Waals surface area contributed by atoms with Crippen molar-refractivity contribution in [3.63, 3.8) is 0 Å². The Balaban J connectivity index is 1.53. The van der Waals surface area contributed by atoms with E-state index in [2.05, 4.69) is 29.5 Å². The Hall–Kier alpha value is -4.40. The molecule has 2 amide bonds. The zero-order valence-corrected chi connectivity index (χ0v) is 22.5. The average Bonchev–Trinajstić information content (AvgIpc) is 3.56. The van der Waals surface area contributed by atoms with Gasteiger partial charge in [0.2, 0.25) is 18.6 Å². The topological polar surface area (TPSA) is 98.6 Å². The second kappa shape index (κ2) is 11.6. The fourth-order valence-corrected chi connectivity index (χ4v) is 4.74. The standard InChI is InChI=1S/C30H33N5O4/c1-20(2)14-15-31-30(37)29(23-9-5-4-8-21(23)3)34(17-22-12-13-26-27(16-22)39-19-38-26)28(36)18-35-25-11-7-6-10-24(25)32-33-35/h4-13,16,20,29H,14-15,17-19H2,1-3H3,(H,31,37). The number of carbonyl (C=O) groups excluding carboxylic acids is 2. The number of nitrogens with one attached hydrogen (secondary N) is 1. The molecule has 9 nitrogen and oxygen atoms in total. The molecule has 9 heteroatoms. The van der Waals surface area contributed by atoms with E-state index in [0.717, 1.165) is 28.6 Å². The molecular formula is C30H33N5O4. The molecule has 202 valence electrons. The molecule has 1 aliphatic heterocycles. The Morgan fingerprint density at radius 1 is 1.03 bits per heavy atom. The van der Waals surface area contributed by atoms with Crippen molar-refractivity contribution in [2.45, 2.75) is 46.3 Å². The van der Waals surface area contributed by atoms with Crippen LogP contribution in [0.2, 0.25) is 0 Å². The van der Waals surface area contributed by atoms with Crippen LogP contribution in [0.15, 0.2) is 66.7 Å². The first-order valence-corrected chi connectivity index (χ1v) is 13.2. The van der Waals surface area contributed by atoms with E-state index in [1.165, 1.54) is 0 Å². The number of rotatable bonds is 10. The number of aromatic nitrogens is 3. The summed E-state index contributed by atoms with van der Waals surface area (Å²) in [4.78, 5) is 29.6. The highest BCUT2D eigenvalue weighted by atomic mass is 16.7. The van der Waals surface area contributed by atoms with Crippen LogP contribution in [0.1, 0.15) is 43.0 Å². The van der Waals surface area contributed by atoms with Crippen LogP contribution in [-0.4, -0.2) is 45.0 Å². The Labute approximate surface area is 227 Å². The molecule has 1 aliphatic rings. The van der Waals surface area contributed by atoms with Gasteiger partial charge in [0.15, 0.2) is 11.5 Å². The van der Waals surface area contributed by atoms with E-state index in [9.17, 15) is 9.59 Å². The number of hydrogen-bond donors (Lipinski definition) is 1. The normalized spacial score (nSPS) is 13.0. The summed E-state index contributed by atoms with van der Waals surface area (Å²) in [6.07, 6.45) is 0.841. The third-order valence-corrected chi connectivity index (χ3v) is 6.88. The minimum Gasteiger partial charge on any atom is -0.454 e. The maximum Gasteiger partial charge on any atom is 0.247 e. The van der Waals surface area contributed by atoms with Gasteiger partial charge >= 0.3 is 0 Å². The van der Waals surface area contributed by atoms with Gasteiger partial charge in [-0.2, -0.15) is 0 Å². The number of amides is 2. The van der Waals surface area contributed by atoms with Gasteiger partial charge in [-0.05, 0) is 60.2 Å². The molecule has 1 unspecified atom stereocenters. The first-order valence-electron chi connectivity index (χ1n) is 13.2. The number of aryl methyl sites for hydroxylation is 1. The van der Waals surface area contributed by atoms with E-state index >= 15 is 0 Å². The fraction of sp³-hybridized carbons (Fsp3) is 0.333. The lowest BCUT2D eigenvalue weighted by molar-refractivity contribution is -0.142. The zero-order valence-electron chi connectivity index (χ0n) is 22.5. The van der Waals surface area contributed by atoms with Crippen molar-refractivity contribution in [2.24, 2.45) is 5.92 Å². The third kappa shape index (κ3) is 5.87. The van der Waals surface area contributed by atoms with Crippen molar-refractivity contribution in [2.75, 3.05) is 13.3 Å². The molecule has 4 aromatic rings. The largest absolute Gasteiger partial charge is 0.454 e. The molecule has 1 N–H and O–H groups in total. The summed E-state index contributed by atoms with van der Waals surface area (Å²) in [5.41, 5.74) is 3.98. The summed E-state index contributed by atoms with van der Waals surface area (Å²) in [5, 5.41) is 11.5. The van der Waals surface area contributed by atoms with Crippen LogP contribution in [-0.2, 0) is 22.7 Å². The lowest BCUT2D eigenvalue weighted by atomic mass is 9.98. The summed E-state index contributed by atoms with van der Waals surface area (Å²) in [5.74, 6) is 1.25. The minimum absolute atomic E-state index is 0.0628. The van der Waals surface area contributed by atoms with Gasteiger partial charge in [-0.3, -0.25) is 9.59 Å². The number of carbonyl (C=O) groups is 2. The maximum atomic E-state index is 14.1. The lowest BCUT2D eigenvalue weighted by Crippen LogP contribution is -2.45.